The van der Waals surface area contributed by atoms with Gasteiger partial charge in [-0.2, -0.15) is 0 Å². The van der Waals surface area contributed by atoms with Crippen LogP contribution < -0.4 is 10.0 Å². The molecule has 6 nitrogen and oxygen atoms in total. The normalized spacial score (nSPS) is 13.2. The summed E-state index contributed by atoms with van der Waals surface area (Å²) < 4.78 is 27.4. The molecule has 0 spiro atoms. The molecule has 0 saturated carbocycles. The van der Waals surface area contributed by atoms with Gasteiger partial charge in [0, 0.05) is 30.5 Å². The topological polar surface area (TPSA) is 84.0 Å². The van der Waals surface area contributed by atoms with E-state index in [4.69, 9.17) is 0 Å². The van der Waals surface area contributed by atoms with E-state index in [-0.39, 0.29) is 10.9 Å². The second-order valence-electron chi connectivity index (χ2n) is 4.29. The summed E-state index contributed by atoms with van der Waals surface area (Å²) in [6.45, 7) is 3.65. The Morgan fingerprint density at radius 2 is 2.15 bits per heavy atom. The van der Waals surface area contributed by atoms with Crippen LogP contribution in [-0.2, 0) is 10.0 Å². The third-order valence-electron chi connectivity index (χ3n) is 2.68. The number of sulfonamides is 1. The minimum atomic E-state index is -3.65. The van der Waals surface area contributed by atoms with Gasteiger partial charge in [-0.1, -0.05) is 0 Å². The second-order valence-corrected chi connectivity index (χ2v) is 6.86. The molecular formula is C12H16N4O2S2. The molecule has 0 bridgehead atoms. The average Bonchev–Trinajstić information content (AvgIpc) is 2.85. The number of pyridine rings is 1. The second kappa shape index (κ2) is 5.86. The molecule has 108 valence electrons. The smallest absolute Gasteiger partial charge is 0.244 e. The summed E-state index contributed by atoms with van der Waals surface area (Å²) in [4.78, 5) is 8.29. The standard InChI is InChI=1S/C12H16N4O2S2/c1-8-7-19-12(15-8)9(2)16-20(17,18)11-6-14-5-4-10(11)13-3/h4-7,9,16H,1-3H3,(H,13,14). The van der Waals surface area contributed by atoms with E-state index in [1.807, 2.05) is 12.3 Å². The fourth-order valence-corrected chi connectivity index (χ4v) is 3.96. The molecule has 8 heteroatoms. The van der Waals surface area contributed by atoms with Crippen LogP contribution >= 0.6 is 11.3 Å². The molecule has 20 heavy (non-hydrogen) atoms. The maximum absolute atomic E-state index is 12.4. The van der Waals surface area contributed by atoms with Crippen LogP contribution in [0, 0.1) is 6.92 Å². The lowest BCUT2D eigenvalue weighted by molar-refractivity contribution is 0.566. The van der Waals surface area contributed by atoms with Gasteiger partial charge in [0.2, 0.25) is 10.0 Å². The zero-order valence-corrected chi connectivity index (χ0v) is 13.0. The van der Waals surface area contributed by atoms with Gasteiger partial charge in [0.05, 0.1) is 11.7 Å². The monoisotopic (exact) mass is 312 g/mol. The highest BCUT2D eigenvalue weighted by molar-refractivity contribution is 7.89. The first-order valence-electron chi connectivity index (χ1n) is 6.00. The minimum absolute atomic E-state index is 0.127. The van der Waals surface area contributed by atoms with Crippen molar-refractivity contribution in [3.8, 4) is 0 Å². The van der Waals surface area contributed by atoms with Crippen LogP contribution in [0.1, 0.15) is 23.7 Å². The van der Waals surface area contributed by atoms with E-state index < -0.39 is 10.0 Å². The zero-order valence-electron chi connectivity index (χ0n) is 11.4. The fourth-order valence-electron chi connectivity index (χ4n) is 1.72. The van der Waals surface area contributed by atoms with E-state index in [0.29, 0.717) is 5.69 Å². The lowest BCUT2D eigenvalue weighted by atomic mass is 10.4. The SMILES string of the molecule is CNc1ccncc1S(=O)(=O)NC(C)c1nc(C)cs1. The van der Waals surface area contributed by atoms with Crippen LogP contribution in [0.15, 0.2) is 28.7 Å². The van der Waals surface area contributed by atoms with Crippen molar-refractivity contribution in [1.29, 1.82) is 0 Å². The number of thiazole rings is 1. The number of aryl methyl sites for hydroxylation is 1. The van der Waals surface area contributed by atoms with Gasteiger partial charge in [0.25, 0.3) is 0 Å². The molecule has 2 aromatic rings. The van der Waals surface area contributed by atoms with Crippen LogP contribution in [0.2, 0.25) is 0 Å². The number of hydrogen-bond acceptors (Lipinski definition) is 6. The first-order valence-corrected chi connectivity index (χ1v) is 8.36. The van der Waals surface area contributed by atoms with Gasteiger partial charge >= 0.3 is 0 Å². The van der Waals surface area contributed by atoms with Crippen molar-refractivity contribution in [1.82, 2.24) is 14.7 Å². The molecule has 2 heterocycles. The molecule has 0 radical (unpaired) electrons. The maximum atomic E-state index is 12.4. The summed E-state index contributed by atoms with van der Waals surface area (Å²) in [5, 5.41) is 5.48. The lowest BCUT2D eigenvalue weighted by Crippen LogP contribution is -2.27. The van der Waals surface area contributed by atoms with Crippen LogP contribution in [-0.4, -0.2) is 25.4 Å². The first kappa shape index (κ1) is 14.9. The quantitative estimate of drug-likeness (QED) is 0.881. The number of anilines is 1. The summed E-state index contributed by atoms with van der Waals surface area (Å²) in [6.07, 6.45) is 2.87. The van der Waals surface area contributed by atoms with E-state index in [9.17, 15) is 8.42 Å². The van der Waals surface area contributed by atoms with Gasteiger partial charge in [0.1, 0.15) is 9.90 Å². The molecule has 0 aliphatic heterocycles. The fraction of sp³-hybridized carbons (Fsp3) is 0.333. The van der Waals surface area contributed by atoms with Gasteiger partial charge < -0.3 is 5.32 Å². The Hall–Kier alpha value is -1.51. The Morgan fingerprint density at radius 3 is 2.75 bits per heavy atom. The van der Waals surface area contributed by atoms with Crippen molar-refractivity contribution >= 4 is 27.0 Å². The van der Waals surface area contributed by atoms with Gasteiger partial charge in [-0.3, -0.25) is 4.98 Å². The van der Waals surface area contributed by atoms with Crippen molar-refractivity contribution < 1.29 is 8.42 Å². The highest BCUT2D eigenvalue weighted by Gasteiger charge is 2.22. The van der Waals surface area contributed by atoms with Gasteiger partial charge in [-0.15, -0.1) is 11.3 Å². The van der Waals surface area contributed by atoms with Crippen molar-refractivity contribution in [2.24, 2.45) is 0 Å². The Labute approximate surface area is 122 Å². The molecule has 0 aliphatic rings. The molecule has 0 saturated heterocycles. The molecule has 1 unspecified atom stereocenters. The van der Waals surface area contributed by atoms with E-state index in [1.54, 1.807) is 26.2 Å². The summed E-state index contributed by atoms with van der Waals surface area (Å²) in [5.41, 5.74) is 1.39. The molecule has 2 rings (SSSR count). The molecule has 0 fully saturated rings. The summed E-state index contributed by atoms with van der Waals surface area (Å²) in [5.74, 6) is 0. The van der Waals surface area contributed by atoms with E-state index in [1.165, 1.54) is 17.5 Å². The van der Waals surface area contributed by atoms with E-state index >= 15 is 0 Å². The van der Waals surface area contributed by atoms with Crippen LogP contribution in [0.5, 0.6) is 0 Å². The molecule has 0 aliphatic carbocycles. The van der Waals surface area contributed by atoms with Gasteiger partial charge in [-0.25, -0.2) is 18.1 Å². The highest BCUT2D eigenvalue weighted by Crippen LogP contribution is 2.23. The Balaban J connectivity index is 2.27. The molecule has 2 aromatic heterocycles. The predicted octanol–water partition coefficient (Wildman–Crippen LogP) is 1.93. The Kier molecular flexibility index (Phi) is 4.36. The summed E-state index contributed by atoms with van der Waals surface area (Å²) in [7, 11) is -1.98. The van der Waals surface area contributed by atoms with Crippen LogP contribution in [0.25, 0.3) is 0 Å². The minimum Gasteiger partial charge on any atom is -0.387 e. The number of hydrogen-bond donors (Lipinski definition) is 2. The maximum Gasteiger partial charge on any atom is 0.244 e. The van der Waals surface area contributed by atoms with Crippen molar-refractivity contribution in [2.45, 2.75) is 24.8 Å². The lowest BCUT2D eigenvalue weighted by Gasteiger charge is -2.14. The van der Waals surface area contributed by atoms with Gasteiger partial charge in [-0.05, 0) is 19.9 Å². The molecule has 0 aromatic carbocycles. The van der Waals surface area contributed by atoms with Crippen LogP contribution in [0.3, 0.4) is 0 Å². The summed E-state index contributed by atoms with van der Waals surface area (Å²) >= 11 is 1.43. The van der Waals surface area contributed by atoms with E-state index in [0.717, 1.165) is 10.7 Å². The summed E-state index contributed by atoms with van der Waals surface area (Å²) in [6, 6.07) is 1.23. The zero-order chi connectivity index (χ0) is 14.8. The number of nitrogens with zero attached hydrogens (tertiary/aromatic N) is 2. The highest BCUT2D eigenvalue weighted by atomic mass is 32.2. The van der Waals surface area contributed by atoms with Crippen molar-refractivity contribution in [3.05, 3.63) is 34.5 Å². The average molecular weight is 312 g/mol. The van der Waals surface area contributed by atoms with E-state index in [2.05, 4.69) is 20.0 Å². The molecule has 1 atom stereocenters. The van der Waals surface area contributed by atoms with Crippen molar-refractivity contribution in [2.75, 3.05) is 12.4 Å². The number of rotatable bonds is 5. The Bertz CT molecular complexity index is 697. The Morgan fingerprint density at radius 1 is 1.40 bits per heavy atom. The molecule has 0 amide bonds. The van der Waals surface area contributed by atoms with Crippen molar-refractivity contribution in [3.63, 3.8) is 0 Å². The molecular weight excluding hydrogens is 296 g/mol. The third-order valence-corrected chi connectivity index (χ3v) is 5.40. The van der Waals surface area contributed by atoms with Crippen LogP contribution in [0.4, 0.5) is 5.69 Å². The molecule has 2 N–H and O–H groups in total. The number of aromatic nitrogens is 2. The number of nitrogens with one attached hydrogen (secondary N) is 2. The predicted molar refractivity (Wildman–Crippen MR) is 79.4 cm³/mol. The van der Waals surface area contributed by atoms with Gasteiger partial charge in [0.15, 0.2) is 0 Å². The third kappa shape index (κ3) is 3.14. The largest absolute Gasteiger partial charge is 0.387 e. The first-order chi connectivity index (χ1) is 9.44.